The van der Waals surface area contributed by atoms with Gasteiger partial charge < -0.3 is 0 Å². The van der Waals surface area contributed by atoms with Gasteiger partial charge in [-0.2, -0.15) is 0 Å². The molecule has 1 heteroatoms. The Morgan fingerprint density at radius 1 is 1.07 bits per heavy atom. The molecule has 0 aromatic heterocycles. The van der Waals surface area contributed by atoms with Crippen molar-refractivity contribution in [1.29, 1.82) is 0 Å². The second-order valence-corrected chi connectivity index (χ2v) is 5.84. The predicted molar refractivity (Wildman–Crippen MR) is 55.9 cm³/mol. The minimum atomic E-state index is 0.157. The molecule has 0 aromatic carbocycles. The van der Waals surface area contributed by atoms with Gasteiger partial charge in [0.2, 0.25) is 0 Å². The quantitative estimate of drug-likeness (QED) is 0.576. The molecular formula is C13H20O. The maximum atomic E-state index is 12.2. The van der Waals surface area contributed by atoms with Gasteiger partial charge in [0.1, 0.15) is 5.78 Å². The standard InChI is InChI=1S/C13H20O/c1-9-10(2)13-8-4-7-12(9,13)6-3-5-11(13)14/h9-10H,3-8H2,1-2H3. The Labute approximate surface area is 86.3 Å². The lowest BCUT2D eigenvalue weighted by atomic mass is 9.36. The first-order chi connectivity index (χ1) is 6.65. The molecule has 4 atom stereocenters. The van der Waals surface area contributed by atoms with E-state index in [0.717, 1.165) is 18.8 Å². The van der Waals surface area contributed by atoms with Gasteiger partial charge in [-0.3, -0.25) is 4.79 Å². The number of rotatable bonds is 0. The van der Waals surface area contributed by atoms with Crippen LogP contribution in [0.25, 0.3) is 0 Å². The highest BCUT2D eigenvalue weighted by molar-refractivity contribution is 5.88. The minimum Gasteiger partial charge on any atom is -0.299 e. The van der Waals surface area contributed by atoms with Crippen molar-refractivity contribution < 1.29 is 4.79 Å². The Bertz CT molecular complexity index is 296. The van der Waals surface area contributed by atoms with E-state index in [4.69, 9.17) is 0 Å². The molecule has 0 radical (unpaired) electrons. The number of ketones is 1. The number of carbonyl (C=O) groups excluding carboxylic acids is 1. The van der Waals surface area contributed by atoms with E-state index in [1.165, 1.54) is 25.7 Å². The van der Waals surface area contributed by atoms with E-state index in [1.54, 1.807) is 0 Å². The first-order valence-electron chi connectivity index (χ1n) is 6.18. The molecule has 0 aliphatic heterocycles. The molecule has 3 saturated carbocycles. The highest BCUT2D eigenvalue weighted by Gasteiger charge is 2.73. The predicted octanol–water partition coefficient (Wildman–Crippen LogP) is 3.18. The van der Waals surface area contributed by atoms with Gasteiger partial charge >= 0.3 is 0 Å². The van der Waals surface area contributed by atoms with E-state index >= 15 is 0 Å². The summed E-state index contributed by atoms with van der Waals surface area (Å²) in [5.41, 5.74) is 0.617. The molecule has 3 aliphatic carbocycles. The van der Waals surface area contributed by atoms with Crippen LogP contribution in [0.1, 0.15) is 52.4 Å². The zero-order valence-corrected chi connectivity index (χ0v) is 9.31. The Morgan fingerprint density at radius 3 is 2.50 bits per heavy atom. The molecule has 3 rings (SSSR count). The number of carbonyl (C=O) groups is 1. The third-order valence-corrected chi connectivity index (χ3v) is 6.01. The van der Waals surface area contributed by atoms with E-state index < -0.39 is 0 Å². The van der Waals surface area contributed by atoms with Crippen molar-refractivity contribution in [2.45, 2.75) is 52.4 Å². The van der Waals surface area contributed by atoms with Gasteiger partial charge in [0.15, 0.2) is 0 Å². The maximum Gasteiger partial charge on any atom is 0.139 e. The Kier molecular flexibility index (Phi) is 1.55. The topological polar surface area (TPSA) is 17.1 Å². The fourth-order valence-electron chi connectivity index (χ4n) is 5.31. The van der Waals surface area contributed by atoms with E-state index in [2.05, 4.69) is 13.8 Å². The molecule has 0 amide bonds. The number of hydrogen-bond donors (Lipinski definition) is 0. The zero-order chi connectivity index (χ0) is 9.97. The van der Waals surface area contributed by atoms with Crippen molar-refractivity contribution in [3.8, 4) is 0 Å². The molecule has 0 N–H and O–H groups in total. The lowest BCUT2D eigenvalue weighted by Gasteiger charge is -2.67. The molecule has 0 saturated heterocycles. The summed E-state index contributed by atoms with van der Waals surface area (Å²) >= 11 is 0. The van der Waals surface area contributed by atoms with Gasteiger partial charge in [0, 0.05) is 11.8 Å². The minimum absolute atomic E-state index is 0.157. The first-order valence-corrected chi connectivity index (χ1v) is 6.18. The number of hydrogen-bond acceptors (Lipinski definition) is 1. The van der Waals surface area contributed by atoms with Crippen molar-refractivity contribution in [3.05, 3.63) is 0 Å². The monoisotopic (exact) mass is 192 g/mol. The van der Waals surface area contributed by atoms with Crippen molar-refractivity contribution in [2.75, 3.05) is 0 Å². The van der Waals surface area contributed by atoms with Crippen molar-refractivity contribution in [2.24, 2.45) is 22.7 Å². The van der Waals surface area contributed by atoms with Crippen molar-refractivity contribution in [1.82, 2.24) is 0 Å². The summed E-state index contributed by atoms with van der Waals surface area (Å²) in [5, 5.41) is 0. The van der Waals surface area contributed by atoms with Crippen LogP contribution in [0.15, 0.2) is 0 Å². The normalized spacial score (nSPS) is 56.3. The smallest absolute Gasteiger partial charge is 0.139 e. The zero-order valence-electron chi connectivity index (χ0n) is 9.31. The molecule has 78 valence electrons. The van der Waals surface area contributed by atoms with Gasteiger partial charge in [-0.15, -0.1) is 0 Å². The SMILES string of the molecule is CC1C(C)C23CCCC12CCCC3=O. The lowest BCUT2D eigenvalue weighted by molar-refractivity contribution is -0.199. The third kappa shape index (κ3) is 0.637. The molecule has 0 bridgehead atoms. The Morgan fingerprint density at radius 2 is 1.79 bits per heavy atom. The van der Waals surface area contributed by atoms with Crippen LogP contribution in [0.2, 0.25) is 0 Å². The second-order valence-electron chi connectivity index (χ2n) is 5.84. The highest BCUT2D eigenvalue weighted by atomic mass is 16.1. The molecule has 4 unspecified atom stereocenters. The second kappa shape index (κ2) is 2.43. The van der Waals surface area contributed by atoms with Crippen LogP contribution in [0, 0.1) is 22.7 Å². The van der Waals surface area contributed by atoms with Crippen LogP contribution < -0.4 is 0 Å². The average molecular weight is 192 g/mol. The maximum absolute atomic E-state index is 12.2. The van der Waals surface area contributed by atoms with Crippen LogP contribution in [-0.4, -0.2) is 5.78 Å². The summed E-state index contributed by atoms with van der Waals surface area (Å²) in [4.78, 5) is 12.2. The molecule has 3 fully saturated rings. The molecule has 0 heterocycles. The first kappa shape index (κ1) is 8.94. The summed E-state index contributed by atoms with van der Waals surface area (Å²) < 4.78 is 0. The highest BCUT2D eigenvalue weighted by Crippen LogP contribution is 2.76. The van der Waals surface area contributed by atoms with Gasteiger partial charge in [-0.25, -0.2) is 0 Å². The van der Waals surface area contributed by atoms with E-state index in [0.29, 0.717) is 17.1 Å². The molecule has 0 aromatic rings. The van der Waals surface area contributed by atoms with Crippen molar-refractivity contribution >= 4 is 5.78 Å². The summed E-state index contributed by atoms with van der Waals surface area (Å²) in [6.07, 6.45) is 7.22. The summed E-state index contributed by atoms with van der Waals surface area (Å²) in [5.74, 6) is 2.08. The largest absolute Gasteiger partial charge is 0.299 e. The summed E-state index contributed by atoms with van der Waals surface area (Å²) in [6, 6.07) is 0. The van der Waals surface area contributed by atoms with Crippen LogP contribution in [-0.2, 0) is 4.79 Å². The Hall–Kier alpha value is -0.330. The van der Waals surface area contributed by atoms with Gasteiger partial charge in [-0.1, -0.05) is 20.3 Å². The summed E-state index contributed by atoms with van der Waals surface area (Å²) in [7, 11) is 0. The fraction of sp³-hybridized carbons (Fsp3) is 0.923. The van der Waals surface area contributed by atoms with Crippen LogP contribution in [0.5, 0.6) is 0 Å². The molecule has 0 spiro atoms. The fourth-order valence-corrected chi connectivity index (χ4v) is 5.31. The average Bonchev–Trinajstić information content (AvgIpc) is 2.56. The van der Waals surface area contributed by atoms with E-state index in [1.807, 2.05) is 0 Å². The molecule has 14 heavy (non-hydrogen) atoms. The number of Topliss-reactive ketones (excluding diaryl/α,β-unsaturated/α-hetero) is 1. The van der Waals surface area contributed by atoms with Crippen LogP contribution in [0.3, 0.4) is 0 Å². The van der Waals surface area contributed by atoms with Crippen LogP contribution >= 0.6 is 0 Å². The molecular weight excluding hydrogens is 172 g/mol. The van der Waals surface area contributed by atoms with Gasteiger partial charge in [0.25, 0.3) is 0 Å². The molecule has 3 aliphatic rings. The third-order valence-electron chi connectivity index (χ3n) is 6.01. The van der Waals surface area contributed by atoms with Crippen LogP contribution in [0.4, 0.5) is 0 Å². The lowest BCUT2D eigenvalue weighted by Crippen LogP contribution is -2.66. The molecule has 1 nitrogen and oxygen atoms in total. The Balaban J connectivity index is 2.09. The van der Waals surface area contributed by atoms with Crippen molar-refractivity contribution in [3.63, 3.8) is 0 Å². The summed E-state index contributed by atoms with van der Waals surface area (Å²) in [6.45, 7) is 4.70. The van der Waals surface area contributed by atoms with Gasteiger partial charge in [-0.05, 0) is 42.9 Å². The van der Waals surface area contributed by atoms with Gasteiger partial charge in [0.05, 0.1) is 0 Å². The van der Waals surface area contributed by atoms with E-state index in [9.17, 15) is 4.79 Å². The van der Waals surface area contributed by atoms with E-state index in [-0.39, 0.29) is 5.41 Å².